The Bertz CT molecular complexity index is 841. The lowest BCUT2D eigenvalue weighted by atomic mass is 10.0. The Hall–Kier alpha value is -2.61. The van der Waals surface area contributed by atoms with Crippen molar-refractivity contribution in [2.75, 3.05) is 36.4 Å². The molecule has 2 aromatic rings. The summed E-state index contributed by atoms with van der Waals surface area (Å²) in [6.07, 6.45) is -1.88. The van der Waals surface area contributed by atoms with Crippen LogP contribution in [0.15, 0.2) is 42.6 Å². The van der Waals surface area contributed by atoms with Crippen LogP contribution < -0.4 is 10.2 Å². The molecule has 0 spiro atoms. The Morgan fingerprint density at radius 1 is 1.19 bits per heavy atom. The predicted octanol–water partition coefficient (Wildman–Crippen LogP) is 2.79. The smallest absolute Gasteiger partial charge is 0.355 e. The minimum atomic E-state index is -4.43. The number of alkyl halides is 3. The van der Waals surface area contributed by atoms with E-state index >= 15 is 0 Å². The summed E-state index contributed by atoms with van der Waals surface area (Å²) in [5.41, 5.74) is 1.12. The number of fused-ring (bicyclic) bond motifs is 3. The summed E-state index contributed by atoms with van der Waals surface area (Å²) in [6.45, 7) is 2.67. The Balaban J connectivity index is 1.47. The fourth-order valence-electron chi connectivity index (χ4n) is 3.65. The number of pyridine rings is 1. The third kappa shape index (κ3) is 3.62. The summed E-state index contributed by atoms with van der Waals surface area (Å²) in [4.78, 5) is 20.9. The van der Waals surface area contributed by atoms with Crippen molar-refractivity contribution >= 4 is 17.3 Å². The summed E-state index contributed by atoms with van der Waals surface area (Å²) < 4.78 is 38.8. The third-order valence-electron chi connectivity index (χ3n) is 5.07. The van der Waals surface area contributed by atoms with Gasteiger partial charge in [-0.3, -0.25) is 14.7 Å². The number of nitrogens with one attached hydrogen (secondary N) is 1. The fourth-order valence-corrected chi connectivity index (χ4v) is 3.65. The number of nitrogens with zero attached hydrogens (tertiary/aromatic N) is 3. The van der Waals surface area contributed by atoms with Crippen molar-refractivity contribution in [1.29, 1.82) is 0 Å². The lowest BCUT2D eigenvalue weighted by Gasteiger charge is -2.45. The summed E-state index contributed by atoms with van der Waals surface area (Å²) in [6, 6.07) is 8.92. The normalized spacial score (nSPS) is 20.0. The van der Waals surface area contributed by atoms with Gasteiger partial charge in [0.2, 0.25) is 5.91 Å². The molecular weight excluding hydrogens is 357 g/mol. The second-order valence-electron chi connectivity index (χ2n) is 6.80. The van der Waals surface area contributed by atoms with Crippen molar-refractivity contribution in [3.8, 4) is 0 Å². The SMILES string of the molecule is O=C1Nc2cc(C(F)(F)F)ccc2N2CCN(CCc3ccccn3)CC12. The first-order valence-corrected chi connectivity index (χ1v) is 8.83. The number of benzene rings is 1. The molecule has 4 rings (SSSR count). The predicted molar refractivity (Wildman–Crippen MR) is 95.6 cm³/mol. The molecule has 0 bridgehead atoms. The zero-order chi connectivity index (χ0) is 19.0. The highest BCUT2D eigenvalue weighted by atomic mass is 19.4. The molecule has 27 heavy (non-hydrogen) atoms. The quantitative estimate of drug-likeness (QED) is 0.895. The average Bonchev–Trinajstić information content (AvgIpc) is 2.66. The Morgan fingerprint density at radius 2 is 2.04 bits per heavy atom. The Labute approximate surface area is 154 Å². The number of hydrogen-bond donors (Lipinski definition) is 1. The number of aromatic nitrogens is 1. The van der Waals surface area contributed by atoms with Crippen LogP contribution in [0.2, 0.25) is 0 Å². The number of anilines is 2. The van der Waals surface area contributed by atoms with Crippen molar-refractivity contribution in [3.05, 3.63) is 53.9 Å². The maximum Gasteiger partial charge on any atom is 0.416 e. The molecule has 142 valence electrons. The van der Waals surface area contributed by atoms with E-state index in [-0.39, 0.29) is 11.6 Å². The highest BCUT2D eigenvalue weighted by Gasteiger charge is 2.39. The van der Waals surface area contributed by atoms with Gasteiger partial charge in [-0.25, -0.2) is 0 Å². The molecule has 1 unspecified atom stereocenters. The van der Waals surface area contributed by atoms with Gasteiger partial charge in [0.15, 0.2) is 0 Å². The molecule has 3 heterocycles. The Morgan fingerprint density at radius 3 is 2.78 bits per heavy atom. The summed E-state index contributed by atoms with van der Waals surface area (Å²) >= 11 is 0. The molecule has 0 radical (unpaired) electrons. The van der Waals surface area contributed by atoms with Gasteiger partial charge in [0.05, 0.1) is 16.9 Å². The van der Waals surface area contributed by atoms with E-state index in [1.165, 1.54) is 6.07 Å². The van der Waals surface area contributed by atoms with Gasteiger partial charge in [0.25, 0.3) is 0 Å². The van der Waals surface area contributed by atoms with E-state index < -0.39 is 17.8 Å². The highest BCUT2D eigenvalue weighted by molar-refractivity contribution is 6.04. The molecular formula is C19H19F3N4O. The van der Waals surface area contributed by atoms with E-state index in [0.717, 1.165) is 37.3 Å². The third-order valence-corrected chi connectivity index (χ3v) is 5.07. The minimum Gasteiger partial charge on any atom is -0.355 e. The molecule has 1 atom stereocenters. The first-order valence-electron chi connectivity index (χ1n) is 8.83. The van der Waals surface area contributed by atoms with Gasteiger partial charge >= 0.3 is 6.18 Å². The molecule has 1 fully saturated rings. The van der Waals surface area contributed by atoms with Crippen LogP contribution >= 0.6 is 0 Å². The zero-order valence-corrected chi connectivity index (χ0v) is 14.5. The van der Waals surface area contributed by atoms with Crippen molar-refractivity contribution in [2.24, 2.45) is 0 Å². The van der Waals surface area contributed by atoms with Gasteiger partial charge < -0.3 is 10.2 Å². The van der Waals surface area contributed by atoms with Crippen LogP contribution in [0.1, 0.15) is 11.3 Å². The van der Waals surface area contributed by atoms with E-state index in [1.807, 2.05) is 23.1 Å². The van der Waals surface area contributed by atoms with Crippen molar-refractivity contribution in [1.82, 2.24) is 9.88 Å². The first-order chi connectivity index (χ1) is 12.9. The van der Waals surface area contributed by atoms with Gasteiger partial charge in [-0.15, -0.1) is 0 Å². The monoisotopic (exact) mass is 376 g/mol. The number of rotatable bonds is 3. The van der Waals surface area contributed by atoms with E-state index in [9.17, 15) is 18.0 Å². The van der Waals surface area contributed by atoms with Crippen LogP contribution in [-0.2, 0) is 17.4 Å². The standard InChI is InChI=1S/C19H19F3N4O/c20-19(21,22)13-4-5-16-15(11-13)24-18(27)17-12-25(9-10-26(16)17)8-6-14-3-1-2-7-23-14/h1-5,7,11,17H,6,8-10,12H2,(H,24,27). The Kier molecular flexibility index (Phi) is 4.51. The molecule has 2 aliphatic heterocycles. The second-order valence-corrected chi connectivity index (χ2v) is 6.80. The van der Waals surface area contributed by atoms with Crippen molar-refractivity contribution in [3.63, 3.8) is 0 Å². The van der Waals surface area contributed by atoms with Crippen molar-refractivity contribution < 1.29 is 18.0 Å². The molecule has 1 amide bonds. The molecule has 0 saturated carbocycles. The van der Waals surface area contributed by atoms with Gasteiger partial charge in [-0.2, -0.15) is 13.2 Å². The van der Waals surface area contributed by atoms with Gasteiger partial charge in [-0.1, -0.05) is 6.07 Å². The number of hydrogen-bond acceptors (Lipinski definition) is 4. The van der Waals surface area contributed by atoms with Crippen LogP contribution in [0.3, 0.4) is 0 Å². The van der Waals surface area contributed by atoms with Crippen LogP contribution in [-0.4, -0.2) is 48.0 Å². The number of piperazine rings is 1. The van der Waals surface area contributed by atoms with Crippen LogP contribution in [0.25, 0.3) is 0 Å². The molecule has 1 N–H and O–H groups in total. The molecule has 2 aliphatic rings. The molecule has 5 nitrogen and oxygen atoms in total. The van der Waals surface area contributed by atoms with E-state index in [1.54, 1.807) is 6.20 Å². The highest BCUT2D eigenvalue weighted by Crippen LogP contribution is 2.38. The van der Waals surface area contributed by atoms with E-state index in [0.29, 0.717) is 18.8 Å². The number of amides is 1. The molecule has 1 saturated heterocycles. The number of carbonyl (C=O) groups is 1. The second kappa shape index (κ2) is 6.84. The number of halogens is 3. The number of carbonyl (C=O) groups excluding carboxylic acids is 1. The lowest BCUT2D eigenvalue weighted by Crippen LogP contribution is -2.60. The molecule has 8 heteroatoms. The average molecular weight is 376 g/mol. The molecule has 1 aromatic heterocycles. The van der Waals surface area contributed by atoms with Gasteiger partial charge in [0.1, 0.15) is 6.04 Å². The minimum absolute atomic E-state index is 0.230. The molecule has 0 aliphatic carbocycles. The van der Waals surface area contributed by atoms with Crippen molar-refractivity contribution in [2.45, 2.75) is 18.6 Å². The molecule has 1 aromatic carbocycles. The topological polar surface area (TPSA) is 48.5 Å². The summed E-state index contributed by atoms with van der Waals surface area (Å²) in [5.74, 6) is -0.260. The van der Waals surface area contributed by atoms with E-state index in [4.69, 9.17) is 0 Å². The van der Waals surface area contributed by atoms with Crippen LogP contribution in [0.5, 0.6) is 0 Å². The summed E-state index contributed by atoms with van der Waals surface area (Å²) in [5, 5.41) is 2.65. The maximum atomic E-state index is 12.9. The lowest BCUT2D eigenvalue weighted by molar-refractivity contribution is -0.137. The van der Waals surface area contributed by atoms with E-state index in [2.05, 4.69) is 15.2 Å². The van der Waals surface area contributed by atoms with Gasteiger partial charge in [-0.05, 0) is 30.3 Å². The van der Waals surface area contributed by atoms with Crippen LogP contribution in [0.4, 0.5) is 24.5 Å². The first kappa shape index (κ1) is 17.8. The largest absolute Gasteiger partial charge is 0.416 e. The zero-order valence-electron chi connectivity index (χ0n) is 14.5. The van der Waals surface area contributed by atoms with Gasteiger partial charge in [0, 0.05) is 44.5 Å². The summed E-state index contributed by atoms with van der Waals surface area (Å²) in [7, 11) is 0. The maximum absolute atomic E-state index is 12.9. The fraction of sp³-hybridized carbons (Fsp3) is 0.368. The van der Waals surface area contributed by atoms with Crippen LogP contribution in [0, 0.1) is 0 Å².